The fraction of sp³-hybridized carbons (Fsp3) is 0.571. The average molecular weight is 310 g/mol. The van der Waals surface area contributed by atoms with E-state index in [1.54, 1.807) is 0 Å². The lowest BCUT2D eigenvalue weighted by Crippen LogP contribution is -2.39. The van der Waals surface area contributed by atoms with Gasteiger partial charge >= 0.3 is 0 Å². The summed E-state index contributed by atoms with van der Waals surface area (Å²) in [4.78, 5) is 5.91. The molecule has 0 spiro atoms. The first kappa shape index (κ1) is 17.6. The Labute approximate surface area is 127 Å². The van der Waals surface area contributed by atoms with E-state index >= 15 is 0 Å². The van der Waals surface area contributed by atoms with Gasteiger partial charge in [0.1, 0.15) is 16.7 Å². The van der Waals surface area contributed by atoms with Crippen LogP contribution in [0, 0.1) is 17.2 Å². The molecule has 0 saturated carbocycles. The van der Waals surface area contributed by atoms with Gasteiger partial charge in [0, 0.05) is 25.8 Å². The highest BCUT2D eigenvalue weighted by Crippen LogP contribution is 2.16. The van der Waals surface area contributed by atoms with E-state index in [4.69, 9.17) is 5.26 Å². The Hall–Kier alpha value is -1.49. The van der Waals surface area contributed by atoms with Crippen LogP contribution in [-0.2, 0) is 10.0 Å². The molecule has 1 rings (SSSR count). The van der Waals surface area contributed by atoms with Gasteiger partial charge in [-0.05, 0) is 32.1 Å². The Morgan fingerprint density at radius 1 is 1.29 bits per heavy atom. The van der Waals surface area contributed by atoms with Crippen molar-refractivity contribution in [3.8, 4) is 6.07 Å². The normalized spacial score (nSPS) is 12.1. The van der Waals surface area contributed by atoms with Crippen LogP contribution >= 0.6 is 0 Å². The molecule has 7 heteroatoms. The number of pyridine rings is 1. The average Bonchev–Trinajstić information content (AvgIpc) is 2.42. The van der Waals surface area contributed by atoms with Crippen LogP contribution in [-0.4, -0.2) is 56.3 Å². The van der Waals surface area contributed by atoms with E-state index < -0.39 is 10.0 Å². The molecule has 0 bridgehead atoms. The molecule has 0 amide bonds. The predicted molar refractivity (Wildman–Crippen MR) is 81.1 cm³/mol. The highest BCUT2D eigenvalue weighted by atomic mass is 32.2. The van der Waals surface area contributed by atoms with E-state index in [1.807, 2.05) is 38.9 Å². The van der Waals surface area contributed by atoms with E-state index in [0.717, 1.165) is 0 Å². The Bertz CT molecular complexity index is 588. The van der Waals surface area contributed by atoms with Gasteiger partial charge in [0.05, 0.1) is 0 Å². The number of hydrogen-bond acceptors (Lipinski definition) is 5. The van der Waals surface area contributed by atoms with Crippen molar-refractivity contribution in [2.24, 2.45) is 5.92 Å². The number of nitrogens with zero attached hydrogens (tertiary/aromatic N) is 4. The second kappa shape index (κ2) is 7.50. The second-order valence-corrected chi connectivity index (χ2v) is 7.49. The molecule has 0 aliphatic rings. The minimum absolute atomic E-state index is 0.126. The summed E-state index contributed by atoms with van der Waals surface area (Å²) in [7, 11) is 0.230. The molecule has 6 nitrogen and oxygen atoms in total. The molecular formula is C14H22N4O2S. The van der Waals surface area contributed by atoms with E-state index in [9.17, 15) is 8.42 Å². The minimum atomic E-state index is -3.58. The number of sulfonamides is 1. The molecule has 1 heterocycles. The molecule has 21 heavy (non-hydrogen) atoms. The molecule has 1 aromatic heterocycles. The maximum absolute atomic E-state index is 12.7. The zero-order chi connectivity index (χ0) is 16.0. The first-order valence-electron chi connectivity index (χ1n) is 6.78. The molecule has 0 radical (unpaired) electrons. The maximum Gasteiger partial charge on any atom is 0.244 e. The van der Waals surface area contributed by atoms with Gasteiger partial charge < -0.3 is 4.90 Å². The number of nitriles is 1. The van der Waals surface area contributed by atoms with Gasteiger partial charge in [0.2, 0.25) is 10.0 Å². The molecule has 0 fully saturated rings. The van der Waals surface area contributed by atoms with Crippen molar-refractivity contribution in [3.63, 3.8) is 0 Å². The third-order valence-electron chi connectivity index (χ3n) is 2.85. The highest BCUT2D eigenvalue weighted by Gasteiger charge is 2.25. The number of rotatable bonds is 7. The SMILES string of the molecule is CC(C)CN(CCN(C)C)S(=O)(=O)c1ccc(C#N)nc1. The van der Waals surface area contributed by atoms with Crippen molar-refractivity contribution in [1.82, 2.24) is 14.2 Å². The van der Waals surface area contributed by atoms with Gasteiger partial charge in [-0.25, -0.2) is 13.4 Å². The lowest BCUT2D eigenvalue weighted by molar-refractivity contribution is 0.312. The quantitative estimate of drug-likeness (QED) is 0.755. The zero-order valence-electron chi connectivity index (χ0n) is 12.9. The van der Waals surface area contributed by atoms with Crippen LogP contribution in [0.5, 0.6) is 0 Å². The monoisotopic (exact) mass is 310 g/mol. The van der Waals surface area contributed by atoms with Gasteiger partial charge in [-0.1, -0.05) is 13.8 Å². The van der Waals surface area contributed by atoms with Crippen molar-refractivity contribution < 1.29 is 8.42 Å². The summed E-state index contributed by atoms with van der Waals surface area (Å²) in [6.07, 6.45) is 1.25. The first-order valence-corrected chi connectivity index (χ1v) is 8.22. The number of hydrogen-bond donors (Lipinski definition) is 0. The molecule has 0 aromatic carbocycles. The summed E-state index contributed by atoms with van der Waals surface area (Å²) < 4.78 is 26.8. The fourth-order valence-corrected chi connectivity index (χ4v) is 3.32. The van der Waals surface area contributed by atoms with Crippen molar-refractivity contribution in [3.05, 3.63) is 24.0 Å². The van der Waals surface area contributed by atoms with Crippen molar-refractivity contribution >= 4 is 10.0 Å². The van der Waals surface area contributed by atoms with Crippen LogP contribution in [0.3, 0.4) is 0 Å². The molecule has 1 aromatic rings. The summed E-state index contributed by atoms with van der Waals surface area (Å²) in [5.41, 5.74) is 0.206. The summed E-state index contributed by atoms with van der Waals surface area (Å²) >= 11 is 0. The standard InChI is InChI=1S/C14H22N4O2S/c1-12(2)11-18(8-7-17(3)4)21(19,20)14-6-5-13(9-15)16-10-14/h5-6,10,12H,7-8,11H2,1-4H3. The predicted octanol–water partition coefficient (Wildman–Crippen LogP) is 1.16. The first-order chi connectivity index (χ1) is 9.77. The van der Waals surface area contributed by atoms with E-state index in [0.29, 0.717) is 19.6 Å². The summed E-state index contributed by atoms with van der Waals surface area (Å²) in [5.74, 6) is 0.230. The van der Waals surface area contributed by atoms with Crippen LogP contribution in [0.4, 0.5) is 0 Å². The van der Waals surface area contributed by atoms with Crippen LogP contribution < -0.4 is 0 Å². The Morgan fingerprint density at radius 2 is 1.95 bits per heavy atom. The van der Waals surface area contributed by atoms with Crippen LogP contribution in [0.15, 0.2) is 23.2 Å². The molecule has 0 saturated heterocycles. The lowest BCUT2D eigenvalue weighted by Gasteiger charge is -2.25. The lowest BCUT2D eigenvalue weighted by atomic mass is 10.2. The molecule has 0 aliphatic heterocycles. The topological polar surface area (TPSA) is 77.3 Å². The Morgan fingerprint density at radius 3 is 2.38 bits per heavy atom. The zero-order valence-corrected chi connectivity index (χ0v) is 13.8. The molecule has 0 N–H and O–H groups in total. The maximum atomic E-state index is 12.7. The van der Waals surface area contributed by atoms with Crippen molar-refractivity contribution in [1.29, 1.82) is 5.26 Å². The van der Waals surface area contributed by atoms with E-state index in [-0.39, 0.29) is 16.5 Å². The van der Waals surface area contributed by atoms with E-state index in [1.165, 1.54) is 22.6 Å². The molecular weight excluding hydrogens is 288 g/mol. The third kappa shape index (κ3) is 5.08. The largest absolute Gasteiger partial charge is 0.308 e. The third-order valence-corrected chi connectivity index (χ3v) is 4.70. The van der Waals surface area contributed by atoms with Crippen molar-refractivity contribution in [2.75, 3.05) is 33.7 Å². The molecule has 116 valence electrons. The van der Waals surface area contributed by atoms with Crippen molar-refractivity contribution in [2.45, 2.75) is 18.7 Å². The van der Waals surface area contributed by atoms with E-state index in [2.05, 4.69) is 4.98 Å². The van der Waals surface area contributed by atoms with Crippen LogP contribution in [0.1, 0.15) is 19.5 Å². The minimum Gasteiger partial charge on any atom is -0.308 e. The number of likely N-dealkylation sites (N-methyl/N-ethyl adjacent to an activating group) is 1. The molecule has 0 unspecified atom stereocenters. The van der Waals surface area contributed by atoms with Gasteiger partial charge in [0.25, 0.3) is 0 Å². The Kier molecular flexibility index (Phi) is 6.27. The van der Waals surface area contributed by atoms with Gasteiger partial charge in [0.15, 0.2) is 0 Å². The van der Waals surface area contributed by atoms with Crippen LogP contribution in [0.2, 0.25) is 0 Å². The summed E-state index contributed by atoms with van der Waals surface area (Å²) in [5, 5.41) is 8.73. The van der Waals surface area contributed by atoms with Gasteiger partial charge in [-0.15, -0.1) is 0 Å². The van der Waals surface area contributed by atoms with Crippen LogP contribution in [0.25, 0.3) is 0 Å². The molecule has 0 aliphatic carbocycles. The van der Waals surface area contributed by atoms with Gasteiger partial charge in [-0.3, -0.25) is 0 Å². The summed E-state index contributed by atoms with van der Waals surface area (Å²) in [6, 6.07) is 4.74. The summed E-state index contributed by atoms with van der Waals surface area (Å²) in [6.45, 7) is 5.49. The smallest absolute Gasteiger partial charge is 0.244 e. The molecule has 0 atom stereocenters. The van der Waals surface area contributed by atoms with Gasteiger partial charge in [-0.2, -0.15) is 9.57 Å². The number of aromatic nitrogens is 1. The highest BCUT2D eigenvalue weighted by molar-refractivity contribution is 7.89. The fourth-order valence-electron chi connectivity index (χ4n) is 1.78. The Balaban J connectivity index is 3.04. The second-order valence-electron chi connectivity index (χ2n) is 5.55.